The highest BCUT2D eigenvalue weighted by Crippen LogP contribution is 2.41. The fraction of sp³-hybridized carbons (Fsp3) is 0.594. The average molecular weight is 1160 g/mol. The number of unbranched alkanes of at least 4 members (excludes halogenated alkanes) is 1. The first kappa shape index (κ1) is 60.9. The number of hydrogen-bond donors (Lipinski definition) is 6. The predicted octanol–water partition coefficient (Wildman–Crippen LogP) is 4.52. The van der Waals surface area contributed by atoms with Crippen molar-refractivity contribution in [3.8, 4) is 0 Å². The van der Waals surface area contributed by atoms with Gasteiger partial charge in [-0.3, -0.25) is 48.4 Å². The van der Waals surface area contributed by atoms with Crippen molar-refractivity contribution in [1.82, 2.24) is 50.8 Å². The molecule has 6 aliphatic heterocycles. The second kappa shape index (κ2) is 26.2. The Morgan fingerprint density at radius 3 is 1.37 bits per heavy atom. The zero-order valence-corrected chi connectivity index (χ0v) is 50.1. The molecule has 84 heavy (non-hydrogen) atoms. The van der Waals surface area contributed by atoms with Gasteiger partial charge in [0.1, 0.15) is 11.6 Å². The van der Waals surface area contributed by atoms with Gasteiger partial charge in [0.15, 0.2) is 0 Å². The minimum atomic E-state index is -0.447. The second-order valence-electron chi connectivity index (χ2n) is 26.4. The van der Waals surface area contributed by atoms with E-state index in [1.54, 1.807) is 24.3 Å². The lowest BCUT2D eigenvalue weighted by Gasteiger charge is -2.43. The number of aromatic amines is 2. The molecule has 4 aromatic rings. The van der Waals surface area contributed by atoms with Crippen molar-refractivity contribution in [1.29, 1.82) is 0 Å². The number of aromatic nitrogens is 2. The first-order chi connectivity index (χ1) is 40.1. The number of pyridine rings is 2. The molecule has 0 bridgehead atoms. The van der Waals surface area contributed by atoms with E-state index < -0.39 is 10.8 Å². The molecule has 4 amide bonds. The summed E-state index contributed by atoms with van der Waals surface area (Å²) in [6.07, 6.45) is 6.27. The number of H-pyrrole nitrogens is 2. The molecule has 20 heteroatoms. The molecule has 6 atom stereocenters. The van der Waals surface area contributed by atoms with Crippen LogP contribution in [-0.4, -0.2) is 181 Å². The normalized spacial score (nSPS) is 24.6. The van der Waals surface area contributed by atoms with Gasteiger partial charge in [-0.05, 0) is 113 Å². The number of rotatable bonds is 19. The molecule has 0 spiro atoms. The van der Waals surface area contributed by atoms with Crippen molar-refractivity contribution in [2.24, 2.45) is 0 Å². The molecule has 18 nitrogen and oxygen atoms in total. The smallest absolute Gasteiger partial charge is 0.251 e. The third-order valence-corrected chi connectivity index (χ3v) is 18.3. The van der Waals surface area contributed by atoms with Gasteiger partial charge in [0.05, 0.1) is 24.5 Å². The Bertz CT molecular complexity index is 2930. The zero-order chi connectivity index (χ0) is 59.5. The number of piperidine rings is 2. The average Bonchev–Trinajstić information content (AvgIpc) is 3.42. The number of amides is 4. The number of nitrogens with one attached hydrogen (secondary N) is 6. The van der Waals surface area contributed by atoms with Crippen molar-refractivity contribution < 1.29 is 28.0 Å². The number of halogens is 2. The van der Waals surface area contributed by atoms with Crippen molar-refractivity contribution in [2.75, 3.05) is 101 Å². The van der Waals surface area contributed by atoms with E-state index in [9.17, 15) is 37.5 Å². The van der Waals surface area contributed by atoms with E-state index in [0.29, 0.717) is 75.8 Å². The molecule has 6 N–H and O–H groups in total. The highest BCUT2D eigenvalue weighted by molar-refractivity contribution is 5.98. The van der Waals surface area contributed by atoms with Crippen molar-refractivity contribution in [3.05, 3.63) is 127 Å². The van der Waals surface area contributed by atoms with Gasteiger partial charge in [0, 0.05) is 161 Å². The number of fused-ring (bicyclic) bond motifs is 2. The molecular weight excluding hydrogens is 1070 g/mol. The minimum Gasteiger partial charge on any atom is -0.352 e. The van der Waals surface area contributed by atoms with Gasteiger partial charge in [-0.15, -0.1) is 0 Å². The number of likely N-dealkylation sites (tertiary alicyclic amines) is 2. The third kappa shape index (κ3) is 14.9. The molecule has 4 saturated heterocycles. The number of benzene rings is 2. The van der Waals surface area contributed by atoms with Crippen molar-refractivity contribution in [2.45, 2.75) is 153 Å². The lowest BCUT2D eigenvalue weighted by Crippen LogP contribution is -2.62. The topological polar surface area (TPSA) is 202 Å². The van der Waals surface area contributed by atoms with Gasteiger partial charge in [-0.2, -0.15) is 0 Å². The van der Waals surface area contributed by atoms with Gasteiger partial charge in [0.25, 0.3) is 11.1 Å². The van der Waals surface area contributed by atoms with Crippen LogP contribution in [-0.2, 0) is 42.8 Å². The molecule has 2 aromatic carbocycles. The Morgan fingerprint density at radius 2 is 0.976 bits per heavy atom. The standard InChI is InChI=1S/C64H88F2N12O6/c1-41-31-75(37-57(81)77-39-63(3,4)59-53(77)27-45(61(83)71-59)25-43-15-19-47(65)20-16-43)51(29-67-41)35-73-23-9-11-49(33-73)69-55(79)13-7-8-14-56(80)70-50-12-10-24-74(34-50)36-52-30-68-42(2)32-76(52)38-58(82)78-40-64(5,6)60-54(78)28-46(62(84)72-60)26-44-17-21-48(66)22-18-44/h15-22,27-28,41-42,49-52,67-68H,7-14,23-26,29-40H2,1-6H3,(H,69,79)(H,70,80)(H,71,83)(H,72,84)/t41-,42-,49-,50-,51-,52-/m1/s1. The molecule has 4 fully saturated rings. The van der Waals surface area contributed by atoms with Crippen LogP contribution >= 0.6 is 0 Å². The molecule has 454 valence electrons. The van der Waals surface area contributed by atoms with Crippen LogP contribution < -0.4 is 42.2 Å². The summed E-state index contributed by atoms with van der Waals surface area (Å²) in [4.78, 5) is 101. The van der Waals surface area contributed by atoms with Crippen LogP contribution in [0.3, 0.4) is 0 Å². The summed E-state index contributed by atoms with van der Waals surface area (Å²) in [7, 11) is 0. The largest absolute Gasteiger partial charge is 0.352 e. The van der Waals surface area contributed by atoms with Crippen LogP contribution in [0.2, 0.25) is 0 Å². The fourth-order valence-electron chi connectivity index (χ4n) is 13.8. The molecule has 10 rings (SSSR count). The highest BCUT2D eigenvalue weighted by atomic mass is 19.1. The Labute approximate surface area is 492 Å². The predicted molar refractivity (Wildman–Crippen MR) is 323 cm³/mol. The van der Waals surface area contributed by atoms with Crippen LogP contribution in [0.5, 0.6) is 0 Å². The maximum Gasteiger partial charge on any atom is 0.251 e. The van der Waals surface area contributed by atoms with Gasteiger partial charge < -0.3 is 41.0 Å². The second-order valence-corrected chi connectivity index (χ2v) is 26.4. The summed E-state index contributed by atoms with van der Waals surface area (Å²) in [5.74, 6) is -0.707. The molecule has 0 saturated carbocycles. The first-order valence-corrected chi connectivity index (χ1v) is 30.7. The summed E-state index contributed by atoms with van der Waals surface area (Å²) >= 11 is 0. The minimum absolute atomic E-state index is 0.00182. The van der Waals surface area contributed by atoms with E-state index in [-0.39, 0.29) is 95.7 Å². The number of nitrogens with zero attached hydrogens (tertiary/aromatic N) is 6. The zero-order valence-electron chi connectivity index (χ0n) is 50.1. The summed E-state index contributed by atoms with van der Waals surface area (Å²) in [6.45, 7) is 21.5. The van der Waals surface area contributed by atoms with E-state index in [4.69, 9.17) is 0 Å². The Morgan fingerprint density at radius 1 is 0.583 bits per heavy atom. The molecule has 0 radical (unpaired) electrons. The van der Waals surface area contributed by atoms with E-state index in [1.807, 2.05) is 49.6 Å². The SMILES string of the molecule is C[C@@H]1CN(CC(=O)N2CC(C)(C)c3[nH]c(=O)c(Cc4ccc(F)cc4)cc32)[C@@H](CN2CCC[C@@H](NC(=O)CCCCC(=O)N[C@@H]3CCCN(C[C@H]4CN[C@H](C)CN4CC(=O)N4CC(C)(C)c5[nH]c(=O)c(Cc6ccc(F)cc6)cc54)C3)C2)CN1. The van der Waals surface area contributed by atoms with Gasteiger partial charge in [-0.1, -0.05) is 52.0 Å². The Kier molecular flexibility index (Phi) is 19.0. The highest BCUT2D eigenvalue weighted by Gasteiger charge is 2.43. The van der Waals surface area contributed by atoms with Crippen LogP contribution in [0, 0.1) is 11.6 Å². The van der Waals surface area contributed by atoms with Gasteiger partial charge in [-0.25, -0.2) is 8.78 Å². The van der Waals surface area contributed by atoms with E-state index in [0.717, 1.165) is 112 Å². The third-order valence-electron chi connectivity index (χ3n) is 18.3. The first-order valence-electron chi connectivity index (χ1n) is 30.7. The number of hydrogen-bond acceptors (Lipinski definition) is 12. The van der Waals surface area contributed by atoms with E-state index >= 15 is 0 Å². The number of carbonyl (C=O) groups is 4. The molecule has 2 aromatic heterocycles. The van der Waals surface area contributed by atoms with E-state index in [1.165, 1.54) is 24.3 Å². The lowest BCUT2D eigenvalue weighted by atomic mass is 9.91. The lowest BCUT2D eigenvalue weighted by molar-refractivity contribution is -0.124. The maximum atomic E-state index is 14.4. The molecule has 6 aliphatic rings. The van der Waals surface area contributed by atoms with E-state index in [2.05, 4.69) is 64.7 Å². The maximum absolute atomic E-state index is 14.4. The Balaban J connectivity index is 0.653. The van der Waals surface area contributed by atoms with Gasteiger partial charge in [0.2, 0.25) is 23.6 Å². The quantitative estimate of drug-likeness (QED) is 0.0719. The molecular formula is C64H88F2N12O6. The van der Waals surface area contributed by atoms with Gasteiger partial charge >= 0.3 is 0 Å². The summed E-state index contributed by atoms with van der Waals surface area (Å²) in [5, 5.41) is 13.8. The number of piperazine rings is 2. The summed E-state index contributed by atoms with van der Waals surface area (Å²) in [6, 6.07) is 16.5. The molecule has 8 heterocycles. The van der Waals surface area contributed by atoms with Crippen LogP contribution in [0.1, 0.15) is 127 Å². The van der Waals surface area contributed by atoms with Crippen molar-refractivity contribution in [3.63, 3.8) is 0 Å². The summed E-state index contributed by atoms with van der Waals surface area (Å²) < 4.78 is 27.3. The number of carbonyl (C=O) groups excluding carboxylic acids is 4. The molecule has 0 aliphatic carbocycles. The fourth-order valence-corrected chi connectivity index (χ4v) is 13.8. The summed E-state index contributed by atoms with van der Waals surface area (Å²) in [5.41, 5.74) is 4.32. The van der Waals surface area contributed by atoms with Crippen LogP contribution in [0.25, 0.3) is 0 Å². The van der Waals surface area contributed by atoms with Crippen molar-refractivity contribution >= 4 is 35.0 Å². The monoisotopic (exact) mass is 1160 g/mol. The molecule has 0 unspecified atom stereocenters. The number of anilines is 2. The van der Waals surface area contributed by atoms with Crippen LogP contribution in [0.4, 0.5) is 20.2 Å². The Hall–Kier alpha value is -6.16. The van der Waals surface area contributed by atoms with Crippen LogP contribution in [0.15, 0.2) is 70.3 Å².